The number of unbranched alkanes of at least 4 members (excludes halogenated alkanes) is 3. The minimum Gasteiger partial charge on any atom is -1.00 e. The first-order valence-electron chi connectivity index (χ1n) is 4.57. The third-order valence-electron chi connectivity index (χ3n) is 1.78. The molecule has 76 valence electrons. The summed E-state index contributed by atoms with van der Waals surface area (Å²) in [6.45, 7) is 2.13. The largest absolute Gasteiger partial charge is 1.00 e. The Morgan fingerprint density at radius 3 is 1.83 bits per heavy atom. The molecule has 12 heavy (non-hydrogen) atoms. The number of nitrogens with zero attached hydrogens (tertiary/aromatic N) is 1. The van der Waals surface area contributed by atoms with Gasteiger partial charge in [0, 0.05) is 0 Å². The molecule has 0 aromatic heterocycles. The van der Waals surface area contributed by atoms with Crippen molar-refractivity contribution < 1.29 is 21.5 Å². The molecule has 0 bridgehead atoms. The van der Waals surface area contributed by atoms with E-state index in [0.717, 1.165) is 11.0 Å². The van der Waals surface area contributed by atoms with E-state index in [0.29, 0.717) is 0 Å². The van der Waals surface area contributed by atoms with Crippen LogP contribution in [-0.4, -0.2) is 38.7 Å². The van der Waals surface area contributed by atoms with E-state index in [4.69, 9.17) is 5.73 Å². The highest BCUT2D eigenvalue weighted by Crippen LogP contribution is 2.01. The van der Waals surface area contributed by atoms with E-state index in [-0.39, 0.29) is 17.0 Å². The summed E-state index contributed by atoms with van der Waals surface area (Å²) in [5.41, 5.74) is 5.39. The quantitative estimate of drug-likeness (QED) is 0.430. The molecule has 0 aromatic carbocycles. The Morgan fingerprint density at radius 1 is 0.917 bits per heavy atom. The highest BCUT2D eigenvalue weighted by atomic mass is 79.9. The van der Waals surface area contributed by atoms with Crippen molar-refractivity contribution in [1.82, 2.24) is 0 Å². The Bertz CT molecular complexity index is 89.0. The van der Waals surface area contributed by atoms with Gasteiger partial charge in [-0.1, -0.05) is 6.42 Å². The van der Waals surface area contributed by atoms with Gasteiger partial charge in [0.25, 0.3) is 0 Å². The smallest absolute Gasteiger partial charge is 0.0780 e. The monoisotopic (exact) mass is 238 g/mol. The van der Waals surface area contributed by atoms with Gasteiger partial charge in [0.15, 0.2) is 0 Å². The second-order valence-corrected chi connectivity index (χ2v) is 4.22. The minimum absolute atomic E-state index is 0. The van der Waals surface area contributed by atoms with Crippen LogP contribution < -0.4 is 22.7 Å². The van der Waals surface area contributed by atoms with Crippen LogP contribution in [0.4, 0.5) is 0 Å². The van der Waals surface area contributed by atoms with Gasteiger partial charge in [-0.2, -0.15) is 0 Å². The minimum atomic E-state index is 0. The fourth-order valence-electron chi connectivity index (χ4n) is 1.08. The Balaban J connectivity index is 0. The van der Waals surface area contributed by atoms with Gasteiger partial charge >= 0.3 is 0 Å². The molecule has 0 rings (SSSR count). The number of rotatable bonds is 6. The number of nitrogens with two attached hydrogens (primary N) is 1. The molecule has 0 radical (unpaired) electrons. The van der Waals surface area contributed by atoms with Crippen molar-refractivity contribution in [3.63, 3.8) is 0 Å². The van der Waals surface area contributed by atoms with Gasteiger partial charge < -0.3 is 27.2 Å². The Hall–Kier alpha value is 0.400. The molecule has 0 spiro atoms. The normalized spacial score (nSPS) is 11.0. The van der Waals surface area contributed by atoms with Gasteiger partial charge in [0.2, 0.25) is 0 Å². The summed E-state index contributed by atoms with van der Waals surface area (Å²) in [7, 11) is 6.72. The first kappa shape index (κ1) is 14.9. The summed E-state index contributed by atoms with van der Waals surface area (Å²) in [6, 6.07) is 0. The third-order valence-corrected chi connectivity index (χ3v) is 1.78. The lowest BCUT2D eigenvalue weighted by Gasteiger charge is -2.23. The van der Waals surface area contributed by atoms with E-state index in [9.17, 15) is 0 Å². The van der Waals surface area contributed by atoms with Crippen LogP contribution in [0.3, 0.4) is 0 Å². The number of hydrogen-bond acceptors (Lipinski definition) is 1. The average Bonchev–Trinajstić information content (AvgIpc) is 1.85. The molecule has 2 N–H and O–H groups in total. The highest BCUT2D eigenvalue weighted by molar-refractivity contribution is 4.42. The average molecular weight is 239 g/mol. The van der Waals surface area contributed by atoms with E-state index in [1.54, 1.807) is 0 Å². The molecule has 0 saturated heterocycles. The summed E-state index contributed by atoms with van der Waals surface area (Å²) < 4.78 is 1.09. The summed E-state index contributed by atoms with van der Waals surface area (Å²) >= 11 is 0. The van der Waals surface area contributed by atoms with Crippen molar-refractivity contribution in [1.29, 1.82) is 0 Å². The fraction of sp³-hybridized carbons (Fsp3) is 1.00. The van der Waals surface area contributed by atoms with Gasteiger partial charge in [-0.05, 0) is 25.8 Å². The standard InChI is InChI=1S/C9H23N2.BrH/c1-11(2,3)9-7-5-4-6-8-10;/h4-10H2,1-3H3;1H/q+1;/p-1. The van der Waals surface area contributed by atoms with Crippen molar-refractivity contribution in [2.75, 3.05) is 34.2 Å². The van der Waals surface area contributed by atoms with Crippen LogP contribution in [0, 0.1) is 0 Å². The lowest BCUT2D eigenvalue weighted by molar-refractivity contribution is -0.870. The van der Waals surface area contributed by atoms with E-state index in [2.05, 4.69) is 21.1 Å². The lowest BCUT2D eigenvalue weighted by atomic mass is 10.2. The van der Waals surface area contributed by atoms with E-state index >= 15 is 0 Å². The Kier molecular flexibility index (Phi) is 9.96. The van der Waals surface area contributed by atoms with Gasteiger partial charge in [-0.25, -0.2) is 0 Å². The molecule has 0 atom stereocenters. The van der Waals surface area contributed by atoms with Crippen LogP contribution in [0.25, 0.3) is 0 Å². The molecule has 0 aliphatic heterocycles. The van der Waals surface area contributed by atoms with Crippen LogP contribution in [0.15, 0.2) is 0 Å². The Labute approximate surface area is 87.5 Å². The summed E-state index contributed by atoms with van der Waals surface area (Å²) in [6.07, 6.45) is 5.17. The molecule has 0 aliphatic rings. The summed E-state index contributed by atoms with van der Waals surface area (Å²) in [4.78, 5) is 0. The molecule has 0 unspecified atom stereocenters. The molecule has 3 heteroatoms. The maximum atomic E-state index is 5.39. The van der Waals surface area contributed by atoms with E-state index < -0.39 is 0 Å². The molecular weight excluding hydrogens is 216 g/mol. The molecule has 0 aliphatic carbocycles. The van der Waals surface area contributed by atoms with Crippen LogP contribution in [-0.2, 0) is 0 Å². The first-order valence-corrected chi connectivity index (χ1v) is 4.57. The molecule has 0 heterocycles. The SMILES string of the molecule is C[N+](C)(C)CCCCCCN.[Br-]. The lowest BCUT2D eigenvalue weighted by Crippen LogP contribution is -3.00. The molecule has 0 fully saturated rings. The zero-order valence-electron chi connectivity index (χ0n) is 8.65. The van der Waals surface area contributed by atoms with Crippen molar-refractivity contribution in [2.45, 2.75) is 25.7 Å². The first-order chi connectivity index (χ1) is 5.06. The summed E-state index contributed by atoms with van der Waals surface area (Å²) in [5, 5.41) is 0. The number of quaternary nitrogens is 1. The summed E-state index contributed by atoms with van der Waals surface area (Å²) in [5.74, 6) is 0. The number of hydrogen-bond donors (Lipinski definition) is 1. The van der Waals surface area contributed by atoms with Crippen molar-refractivity contribution >= 4 is 0 Å². The Morgan fingerprint density at radius 2 is 1.42 bits per heavy atom. The molecule has 2 nitrogen and oxygen atoms in total. The van der Waals surface area contributed by atoms with Crippen molar-refractivity contribution in [3.8, 4) is 0 Å². The second kappa shape index (κ2) is 8.02. The van der Waals surface area contributed by atoms with Crippen LogP contribution in [0.2, 0.25) is 0 Å². The maximum absolute atomic E-state index is 5.39. The maximum Gasteiger partial charge on any atom is 0.0780 e. The molecule has 0 aromatic rings. The molecular formula is C9H23BrN2. The second-order valence-electron chi connectivity index (χ2n) is 4.22. The predicted octanol–water partition coefficient (Wildman–Crippen LogP) is -1.78. The predicted molar refractivity (Wildman–Crippen MR) is 50.4 cm³/mol. The van der Waals surface area contributed by atoms with Gasteiger partial charge in [0.05, 0.1) is 27.7 Å². The van der Waals surface area contributed by atoms with Gasteiger partial charge in [-0.15, -0.1) is 0 Å². The van der Waals surface area contributed by atoms with Crippen molar-refractivity contribution in [3.05, 3.63) is 0 Å². The van der Waals surface area contributed by atoms with E-state index in [1.165, 1.54) is 32.2 Å². The molecule has 0 saturated carbocycles. The van der Waals surface area contributed by atoms with Gasteiger partial charge in [-0.3, -0.25) is 0 Å². The zero-order chi connectivity index (χ0) is 8.74. The topological polar surface area (TPSA) is 26.0 Å². The highest BCUT2D eigenvalue weighted by Gasteiger charge is 2.04. The fourth-order valence-corrected chi connectivity index (χ4v) is 1.08. The van der Waals surface area contributed by atoms with Crippen LogP contribution in [0.1, 0.15) is 25.7 Å². The zero-order valence-corrected chi connectivity index (χ0v) is 10.2. The number of halogens is 1. The van der Waals surface area contributed by atoms with Crippen molar-refractivity contribution in [2.24, 2.45) is 5.73 Å². The molecule has 0 amide bonds. The van der Waals surface area contributed by atoms with Crippen LogP contribution in [0.5, 0.6) is 0 Å². The third kappa shape index (κ3) is 13.0. The van der Waals surface area contributed by atoms with E-state index in [1.807, 2.05) is 0 Å². The van der Waals surface area contributed by atoms with Gasteiger partial charge in [0.1, 0.15) is 0 Å². The van der Waals surface area contributed by atoms with Crippen LogP contribution >= 0.6 is 0 Å².